The summed E-state index contributed by atoms with van der Waals surface area (Å²) in [5, 5.41) is 3.49. The number of carbonyl (C=O) groups is 1. The first-order chi connectivity index (χ1) is 14.1. The van der Waals surface area contributed by atoms with E-state index in [9.17, 15) is 4.79 Å². The van der Waals surface area contributed by atoms with Crippen LogP contribution in [0.1, 0.15) is 6.42 Å². The summed E-state index contributed by atoms with van der Waals surface area (Å²) in [5.74, 6) is 2.19. The molecular weight excluding hydrogens is 370 g/mol. The zero-order chi connectivity index (χ0) is 20.6. The molecule has 1 amide bonds. The van der Waals surface area contributed by atoms with Gasteiger partial charge in [0.15, 0.2) is 5.96 Å². The fourth-order valence-electron chi connectivity index (χ4n) is 3.52. The van der Waals surface area contributed by atoms with Gasteiger partial charge in [0, 0.05) is 71.1 Å². The first-order valence-electron chi connectivity index (χ1n) is 10.3. The predicted octanol–water partition coefficient (Wildman–Crippen LogP) is 0.888. The molecule has 2 fully saturated rings. The average Bonchev–Trinajstić information content (AvgIpc) is 3.27. The molecule has 1 aromatic rings. The Morgan fingerprint density at radius 1 is 1.31 bits per heavy atom. The molecule has 0 aromatic heterocycles. The van der Waals surface area contributed by atoms with E-state index in [1.807, 2.05) is 12.1 Å². The van der Waals surface area contributed by atoms with Gasteiger partial charge >= 0.3 is 0 Å². The monoisotopic (exact) mass is 403 g/mol. The van der Waals surface area contributed by atoms with E-state index in [1.165, 1.54) is 5.69 Å². The summed E-state index contributed by atoms with van der Waals surface area (Å²) in [6.07, 6.45) is 1.07. The van der Waals surface area contributed by atoms with Gasteiger partial charge in [-0.15, -0.1) is 0 Å². The standard InChI is InChI=1S/C21H33N5O3/c1-24(2)20(27)15-23-21(22-14-17-7-12-29-16-17)26-10-8-25(9-11-26)18-5-4-6-19(13-18)28-3/h4-6,13,17H,7-12,14-16H2,1-3H3,(H,22,23). The fraction of sp³-hybridized carbons (Fsp3) is 0.619. The third-order valence-electron chi connectivity index (χ3n) is 5.43. The van der Waals surface area contributed by atoms with Gasteiger partial charge < -0.3 is 29.5 Å². The molecule has 2 saturated heterocycles. The summed E-state index contributed by atoms with van der Waals surface area (Å²) >= 11 is 0. The summed E-state index contributed by atoms with van der Waals surface area (Å²) in [5.41, 5.74) is 1.17. The van der Waals surface area contributed by atoms with E-state index in [-0.39, 0.29) is 12.5 Å². The molecular formula is C21H33N5O3. The number of likely N-dealkylation sites (N-methyl/N-ethyl adjacent to an activating group) is 1. The summed E-state index contributed by atoms with van der Waals surface area (Å²) in [4.78, 5) is 22.8. The van der Waals surface area contributed by atoms with E-state index in [0.29, 0.717) is 5.92 Å². The Morgan fingerprint density at radius 2 is 2.10 bits per heavy atom. The predicted molar refractivity (Wildman–Crippen MR) is 115 cm³/mol. The van der Waals surface area contributed by atoms with Crippen LogP contribution in [0, 0.1) is 5.92 Å². The van der Waals surface area contributed by atoms with Crippen LogP contribution >= 0.6 is 0 Å². The van der Waals surface area contributed by atoms with Crippen LogP contribution in [0.5, 0.6) is 5.75 Å². The molecule has 2 aliphatic heterocycles. The Hall–Kier alpha value is -2.48. The third kappa shape index (κ3) is 6.00. The van der Waals surface area contributed by atoms with Crippen molar-refractivity contribution in [2.24, 2.45) is 10.9 Å². The van der Waals surface area contributed by atoms with Crippen molar-refractivity contribution in [2.75, 3.05) is 78.6 Å². The van der Waals surface area contributed by atoms with Crippen LogP contribution < -0.4 is 15.0 Å². The number of rotatable bonds is 6. The highest BCUT2D eigenvalue weighted by Crippen LogP contribution is 2.22. The number of amides is 1. The number of carbonyl (C=O) groups excluding carboxylic acids is 1. The van der Waals surface area contributed by atoms with Gasteiger partial charge in [-0.25, -0.2) is 4.99 Å². The van der Waals surface area contributed by atoms with E-state index in [2.05, 4.69) is 32.2 Å². The summed E-state index contributed by atoms with van der Waals surface area (Å²) in [6.45, 7) is 6.08. The second-order valence-electron chi connectivity index (χ2n) is 7.71. The van der Waals surface area contributed by atoms with Crippen molar-refractivity contribution in [3.63, 3.8) is 0 Å². The Bertz CT molecular complexity index is 695. The lowest BCUT2D eigenvalue weighted by molar-refractivity contribution is -0.127. The smallest absolute Gasteiger partial charge is 0.243 e. The number of hydrogen-bond donors (Lipinski definition) is 1. The van der Waals surface area contributed by atoms with Gasteiger partial charge in [0.25, 0.3) is 0 Å². The van der Waals surface area contributed by atoms with Gasteiger partial charge in [0.05, 0.1) is 13.7 Å². The maximum absolute atomic E-state index is 12.0. The van der Waals surface area contributed by atoms with Crippen LogP contribution in [0.2, 0.25) is 0 Å². The van der Waals surface area contributed by atoms with E-state index < -0.39 is 0 Å². The number of ether oxygens (including phenoxy) is 2. The zero-order valence-corrected chi connectivity index (χ0v) is 17.8. The van der Waals surface area contributed by atoms with E-state index in [4.69, 9.17) is 9.47 Å². The normalized spacial score (nSPS) is 20.0. The lowest BCUT2D eigenvalue weighted by Gasteiger charge is -2.38. The first kappa shape index (κ1) is 21.2. The van der Waals surface area contributed by atoms with Crippen molar-refractivity contribution >= 4 is 17.6 Å². The Kier molecular flexibility index (Phi) is 7.57. The number of aliphatic imine (C=N–C) groups is 1. The average molecular weight is 404 g/mol. The number of guanidine groups is 1. The van der Waals surface area contributed by atoms with E-state index in [0.717, 1.165) is 64.1 Å². The Morgan fingerprint density at radius 3 is 2.76 bits per heavy atom. The molecule has 8 nitrogen and oxygen atoms in total. The van der Waals surface area contributed by atoms with Gasteiger partial charge in [0.1, 0.15) is 12.3 Å². The minimum absolute atomic E-state index is 0.00326. The van der Waals surface area contributed by atoms with Gasteiger partial charge in [-0.05, 0) is 18.6 Å². The number of nitrogens with one attached hydrogen (secondary N) is 1. The number of methoxy groups -OCH3 is 1. The van der Waals surface area contributed by atoms with Crippen LogP contribution in [-0.4, -0.2) is 95.4 Å². The fourth-order valence-corrected chi connectivity index (χ4v) is 3.52. The molecule has 0 aliphatic carbocycles. The van der Waals surface area contributed by atoms with Gasteiger partial charge in [-0.1, -0.05) is 6.07 Å². The second kappa shape index (κ2) is 10.3. The number of anilines is 1. The largest absolute Gasteiger partial charge is 0.497 e. The molecule has 0 bridgehead atoms. The topological polar surface area (TPSA) is 69.6 Å². The highest BCUT2D eigenvalue weighted by molar-refractivity contribution is 5.85. The molecule has 0 spiro atoms. The summed E-state index contributed by atoms with van der Waals surface area (Å²) in [7, 11) is 5.21. The lowest BCUT2D eigenvalue weighted by atomic mass is 10.1. The zero-order valence-electron chi connectivity index (χ0n) is 17.8. The summed E-state index contributed by atoms with van der Waals surface area (Å²) in [6, 6.07) is 8.16. The molecule has 1 unspecified atom stereocenters. The molecule has 8 heteroatoms. The van der Waals surface area contributed by atoms with Crippen LogP contribution in [0.15, 0.2) is 29.3 Å². The van der Waals surface area contributed by atoms with Crippen LogP contribution in [-0.2, 0) is 9.53 Å². The number of benzene rings is 1. The first-order valence-corrected chi connectivity index (χ1v) is 10.3. The minimum atomic E-state index is 0.00326. The van der Waals surface area contributed by atoms with Crippen molar-refractivity contribution in [1.82, 2.24) is 15.1 Å². The number of hydrogen-bond acceptors (Lipinski definition) is 5. The van der Waals surface area contributed by atoms with Crippen molar-refractivity contribution in [1.29, 1.82) is 0 Å². The molecule has 0 radical (unpaired) electrons. The molecule has 0 saturated carbocycles. The molecule has 1 N–H and O–H groups in total. The molecule has 1 aromatic carbocycles. The van der Waals surface area contributed by atoms with E-state index in [1.54, 1.807) is 26.1 Å². The maximum Gasteiger partial charge on any atom is 0.243 e. The van der Waals surface area contributed by atoms with Crippen molar-refractivity contribution in [2.45, 2.75) is 6.42 Å². The highest BCUT2D eigenvalue weighted by Gasteiger charge is 2.22. The van der Waals surface area contributed by atoms with Crippen molar-refractivity contribution in [3.05, 3.63) is 24.3 Å². The molecule has 2 heterocycles. The van der Waals surface area contributed by atoms with Gasteiger partial charge in [-0.3, -0.25) is 4.79 Å². The Balaban J connectivity index is 1.61. The van der Waals surface area contributed by atoms with Crippen LogP contribution in [0.4, 0.5) is 5.69 Å². The molecule has 3 rings (SSSR count). The molecule has 2 aliphatic rings. The third-order valence-corrected chi connectivity index (χ3v) is 5.43. The maximum atomic E-state index is 12.0. The van der Waals surface area contributed by atoms with E-state index >= 15 is 0 Å². The van der Waals surface area contributed by atoms with Crippen molar-refractivity contribution < 1.29 is 14.3 Å². The molecule has 1 atom stereocenters. The van der Waals surface area contributed by atoms with Crippen LogP contribution in [0.3, 0.4) is 0 Å². The van der Waals surface area contributed by atoms with Gasteiger partial charge in [0.2, 0.25) is 5.91 Å². The molecule has 160 valence electrons. The minimum Gasteiger partial charge on any atom is -0.497 e. The lowest BCUT2D eigenvalue weighted by Crippen LogP contribution is -2.53. The van der Waals surface area contributed by atoms with Crippen LogP contribution in [0.25, 0.3) is 0 Å². The Labute approximate surface area is 173 Å². The number of piperazine rings is 1. The number of nitrogens with zero attached hydrogens (tertiary/aromatic N) is 4. The van der Waals surface area contributed by atoms with Crippen molar-refractivity contribution in [3.8, 4) is 5.75 Å². The van der Waals surface area contributed by atoms with Gasteiger partial charge in [-0.2, -0.15) is 0 Å². The summed E-state index contributed by atoms with van der Waals surface area (Å²) < 4.78 is 10.8. The SMILES string of the molecule is COc1cccc(N2CCN(C(=NCC(=O)N(C)C)NCC3CCOC3)CC2)c1. The molecule has 29 heavy (non-hydrogen) atoms. The highest BCUT2D eigenvalue weighted by atomic mass is 16.5. The second-order valence-corrected chi connectivity index (χ2v) is 7.71. The quantitative estimate of drug-likeness (QED) is 0.562.